The Morgan fingerprint density at radius 3 is 2.57 bits per heavy atom. The van der Waals surface area contributed by atoms with E-state index in [2.05, 4.69) is 30.9 Å². The molecule has 11 heteroatoms. The van der Waals surface area contributed by atoms with E-state index in [-0.39, 0.29) is 30.4 Å². The molecular weight excluding hydrogens is 470 g/mol. The van der Waals surface area contributed by atoms with Crippen molar-refractivity contribution in [1.82, 2.24) is 25.0 Å². The maximum atomic E-state index is 12.7. The maximum absolute atomic E-state index is 12.7. The van der Waals surface area contributed by atoms with E-state index in [1.165, 1.54) is 0 Å². The number of carbonyl (C=O) groups excluding carboxylic acids is 2. The summed E-state index contributed by atoms with van der Waals surface area (Å²) in [7, 11) is 3.38. The van der Waals surface area contributed by atoms with Gasteiger partial charge >= 0.3 is 6.03 Å². The number of likely N-dealkylation sites (tertiary alicyclic amines) is 1. The lowest BCUT2D eigenvalue weighted by molar-refractivity contribution is -0.117. The van der Waals surface area contributed by atoms with E-state index in [9.17, 15) is 9.59 Å². The monoisotopic (exact) mass is 497 g/mol. The molecule has 3 heterocycles. The number of hydrogen-bond donors (Lipinski definition) is 3. The zero-order valence-electron chi connectivity index (χ0n) is 19.6. The molecule has 0 saturated carbocycles. The van der Waals surface area contributed by atoms with Crippen LogP contribution >= 0.6 is 11.6 Å². The van der Waals surface area contributed by atoms with Crippen LogP contribution in [0, 0.1) is 0 Å². The van der Waals surface area contributed by atoms with Gasteiger partial charge in [0.05, 0.1) is 31.7 Å². The Labute approximate surface area is 208 Å². The van der Waals surface area contributed by atoms with Crippen LogP contribution in [0.1, 0.15) is 18.0 Å². The molecule has 1 fully saturated rings. The quantitative estimate of drug-likeness (QED) is 0.462. The molecule has 2 aromatic heterocycles. The number of halogens is 1. The number of rotatable bonds is 7. The first-order chi connectivity index (χ1) is 16.9. The molecule has 35 heavy (non-hydrogen) atoms. The smallest absolute Gasteiger partial charge is 0.319 e. The SMILES string of the molecule is COc1ccc(C2CN(CC(=O)Nc3cnn(C)c3)CCC2NC(=O)Nc2ccc(Cl)cc2)nc1. The normalized spacial score (nSPS) is 18.0. The Hall–Kier alpha value is -3.63. The number of carbonyl (C=O) groups is 2. The number of nitrogens with one attached hydrogen (secondary N) is 3. The van der Waals surface area contributed by atoms with Crippen LogP contribution < -0.4 is 20.7 Å². The van der Waals surface area contributed by atoms with Gasteiger partial charge in [0.1, 0.15) is 5.75 Å². The first-order valence-electron chi connectivity index (χ1n) is 11.2. The van der Waals surface area contributed by atoms with Crippen molar-refractivity contribution >= 4 is 34.9 Å². The van der Waals surface area contributed by atoms with Crippen LogP contribution in [-0.4, -0.2) is 64.4 Å². The number of aromatic nitrogens is 3. The number of benzene rings is 1. The number of ether oxygens (including phenoxy) is 1. The molecule has 0 radical (unpaired) electrons. The summed E-state index contributed by atoms with van der Waals surface area (Å²) >= 11 is 5.93. The molecule has 2 atom stereocenters. The topological polar surface area (TPSA) is 113 Å². The zero-order valence-corrected chi connectivity index (χ0v) is 20.3. The van der Waals surface area contributed by atoms with Crippen molar-refractivity contribution in [3.8, 4) is 5.75 Å². The van der Waals surface area contributed by atoms with Gasteiger partial charge in [-0.05, 0) is 42.8 Å². The Morgan fingerprint density at radius 2 is 1.91 bits per heavy atom. The van der Waals surface area contributed by atoms with Gasteiger partial charge in [0, 0.05) is 54.7 Å². The highest BCUT2D eigenvalue weighted by Crippen LogP contribution is 2.27. The standard InChI is InChI=1S/C24H28ClN7O3/c1-31-13-18(11-27-31)28-23(33)15-32-10-9-22(20(14-32)21-8-7-19(35-2)12-26-21)30-24(34)29-17-5-3-16(25)4-6-17/h3-8,11-13,20,22H,9-10,14-15H2,1-2H3,(H,28,33)(H2,29,30,34). The molecule has 3 aromatic rings. The first kappa shape index (κ1) is 24.5. The van der Waals surface area contributed by atoms with Gasteiger partial charge in [-0.15, -0.1) is 0 Å². The van der Waals surface area contributed by atoms with Gasteiger partial charge in [0.25, 0.3) is 0 Å². The number of piperidine rings is 1. The van der Waals surface area contributed by atoms with Crippen molar-refractivity contribution in [2.45, 2.75) is 18.4 Å². The van der Waals surface area contributed by atoms with Gasteiger partial charge < -0.3 is 20.7 Å². The predicted molar refractivity (Wildman–Crippen MR) is 134 cm³/mol. The fourth-order valence-corrected chi connectivity index (χ4v) is 4.25. The zero-order chi connectivity index (χ0) is 24.8. The lowest BCUT2D eigenvalue weighted by atomic mass is 9.88. The van der Waals surface area contributed by atoms with E-state index >= 15 is 0 Å². The summed E-state index contributed by atoms with van der Waals surface area (Å²) in [5.41, 5.74) is 2.12. The predicted octanol–water partition coefficient (Wildman–Crippen LogP) is 3.10. The summed E-state index contributed by atoms with van der Waals surface area (Å²) in [6, 6.07) is 10.2. The van der Waals surface area contributed by atoms with Crippen LogP contribution in [0.3, 0.4) is 0 Å². The van der Waals surface area contributed by atoms with Crippen molar-refractivity contribution in [3.63, 3.8) is 0 Å². The van der Waals surface area contributed by atoms with Gasteiger partial charge in [0.15, 0.2) is 0 Å². The van der Waals surface area contributed by atoms with Crippen LogP contribution in [0.25, 0.3) is 0 Å². The van der Waals surface area contributed by atoms with Crippen LogP contribution in [-0.2, 0) is 11.8 Å². The molecular formula is C24H28ClN7O3. The number of anilines is 2. The fraction of sp³-hybridized carbons (Fsp3) is 0.333. The lowest BCUT2D eigenvalue weighted by Crippen LogP contribution is -2.52. The molecule has 0 bridgehead atoms. The van der Waals surface area contributed by atoms with Gasteiger partial charge in [-0.25, -0.2) is 4.79 Å². The third kappa shape index (κ3) is 6.71. The van der Waals surface area contributed by atoms with E-state index in [0.717, 1.165) is 5.69 Å². The third-order valence-electron chi connectivity index (χ3n) is 5.85. The highest BCUT2D eigenvalue weighted by Gasteiger charge is 2.33. The molecule has 1 saturated heterocycles. The van der Waals surface area contributed by atoms with E-state index in [0.29, 0.717) is 41.7 Å². The van der Waals surface area contributed by atoms with E-state index in [1.54, 1.807) is 61.7 Å². The van der Waals surface area contributed by atoms with Gasteiger partial charge in [0.2, 0.25) is 5.91 Å². The second-order valence-corrected chi connectivity index (χ2v) is 8.85. The second-order valence-electron chi connectivity index (χ2n) is 8.42. The molecule has 184 valence electrons. The molecule has 4 rings (SSSR count). The maximum Gasteiger partial charge on any atom is 0.319 e. The Balaban J connectivity index is 1.43. The number of methoxy groups -OCH3 is 1. The highest BCUT2D eigenvalue weighted by atomic mass is 35.5. The van der Waals surface area contributed by atoms with Crippen molar-refractivity contribution in [2.24, 2.45) is 7.05 Å². The summed E-state index contributed by atoms with van der Waals surface area (Å²) in [4.78, 5) is 31.9. The van der Waals surface area contributed by atoms with E-state index in [1.807, 2.05) is 12.1 Å². The molecule has 0 aliphatic carbocycles. The summed E-state index contributed by atoms with van der Waals surface area (Å²) in [6.07, 6.45) is 5.68. The average Bonchev–Trinajstić information content (AvgIpc) is 3.25. The van der Waals surface area contributed by atoms with Gasteiger partial charge in [-0.3, -0.25) is 19.4 Å². The minimum absolute atomic E-state index is 0.114. The van der Waals surface area contributed by atoms with Crippen molar-refractivity contribution < 1.29 is 14.3 Å². The third-order valence-corrected chi connectivity index (χ3v) is 6.10. The molecule has 2 unspecified atom stereocenters. The highest BCUT2D eigenvalue weighted by molar-refractivity contribution is 6.30. The number of pyridine rings is 1. The molecule has 1 aromatic carbocycles. The van der Waals surface area contributed by atoms with Crippen LogP contribution in [0.5, 0.6) is 5.75 Å². The molecule has 0 spiro atoms. The van der Waals surface area contributed by atoms with E-state index < -0.39 is 0 Å². The largest absolute Gasteiger partial charge is 0.495 e. The number of urea groups is 1. The summed E-state index contributed by atoms with van der Waals surface area (Å²) in [5.74, 6) is 0.422. The Kier molecular flexibility index (Phi) is 7.84. The average molecular weight is 498 g/mol. The fourth-order valence-electron chi connectivity index (χ4n) is 4.13. The molecule has 10 nitrogen and oxygen atoms in total. The minimum atomic E-state index is -0.307. The Morgan fingerprint density at radius 1 is 1.11 bits per heavy atom. The van der Waals surface area contributed by atoms with Crippen LogP contribution in [0.4, 0.5) is 16.2 Å². The number of amides is 3. The molecule has 1 aliphatic heterocycles. The number of aryl methyl sites for hydroxylation is 1. The minimum Gasteiger partial charge on any atom is -0.495 e. The lowest BCUT2D eigenvalue weighted by Gasteiger charge is -2.38. The molecule has 3 amide bonds. The van der Waals surface area contributed by atoms with Crippen molar-refractivity contribution in [3.05, 3.63) is 65.7 Å². The van der Waals surface area contributed by atoms with Crippen LogP contribution in [0.2, 0.25) is 5.02 Å². The summed E-state index contributed by atoms with van der Waals surface area (Å²) in [6.45, 7) is 1.44. The van der Waals surface area contributed by atoms with Crippen LogP contribution in [0.15, 0.2) is 55.0 Å². The first-order valence-corrected chi connectivity index (χ1v) is 11.6. The van der Waals surface area contributed by atoms with Gasteiger partial charge in [-0.2, -0.15) is 5.10 Å². The number of hydrogen-bond acceptors (Lipinski definition) is 6. The Bertz CT molecular complexity index is 1150. The molecule has 1 aliphatic rings. The summed E-state index contributed by atoms with van der Waals surface area (Å²) < 4.78 is 6.87. The second kappa shape index (κ2) is 11.2. The number of nitrogens with zero attached hydrogens (tertiary/aromatic N) is 4. The van der Waals surface area contributed by atoms with Gasteiger partial charge in [-0.1, -0.05) is 11.6 Å². The summed E-state index contributed by atoms with van der Waals surface area (Å²) in [5, 5.41) is 13.5. The van der Waals surface area contributed by atoms with Crippen molar-refractivity contribution in [1.29, 1.82) is 0 Å². The molecule has 3 N–H and O–H groups in total. The van der Waals surface area contributed by atoms with E-state index in [4.69, 9.17) is 16.3 Å². The van der Waals surface area contributed by atoms with Crippen molar-refractivity contribution in [2.75, 3.05) is 37.4 Å².